The summed E-state index contributed by atoms with van der Waals surface area (Å²) in [5.74, 6) is -1.63. The molecule has 182 valence electrons. The van der Waals surface area contributed by atoms with Crippen molar-refractivity contribution in [3.05, 3.63) is 80.0 Å². The number of rotatable bonds is 7. The van der Waals surface area contributed by atoms with Gasteiger partial charge in [0.1, 0.15) is 11.5 Å². The lowest BCUT2D eigenvalue weighted by Crippen LogP contribution is -2.28. The molecule has 2 aromatic carbocycles. The van der Waals surface area contributed by atoms with Crippen LogP contribution in [0.5, 0.6) is 17.2 Å². The van der Waals surface area contributed by atoms with E-state index in [1.807, 2.05) is 17.5 Å². The number of benzene rings is 2. The fraction of sp³-hybridized carbons (Fsp3) is 0.231. The van der Waals surface area contributed by atoms with E-state index in [4.69, 9.17) is 21.1 Å². The second kappa shape index (κ2) is 10.0. The molecule has 0 spiro atoms. The number of thiophene rings is 1. The highest BCUT2D eigenvalue weighted by molar-refractivity contribution is 7.09. The summed E-state index contributed by atoms with van der Waals surface area (Å²) >= 11 is 7.79. The van der Waals surface area contributed by atoms with Crippen molar-refractivity contribution in [2.75, 3.05) is 13.7 Å². The summed E-state index contributed by atoms with van der Waals surface area (Å²) < 4.78 is 10.9. The number of halogens is 1. The number of phenolic OH excluding ortho intramolecular Hbond substituents is 1. The Kier molecular flexibility index (Phi) is 7.05. The molecule has 3 aromatic rings. The van der Waals surface area contributed by atoms with Gasteiger partial charge in [-0.25, -0.2) is 0 Å². The van der Waals surface area contributed by atoms with E-state index >= 15 is 0 Å². The zero-order valence-corrected chi connectivity index (χ0v) is 20.9. The quantitative estimate of drug-likeness (QED) is 0.248. The lowest BCUT2D eigenvalue weighted by atomic mass is 9.94. The highest BCUT2D eigenvalue weighted by Gasteiger charge is 2.46. The number of hydrogen-bond acceptors (Lipinski definition) is 7. The number of aromatic hydroxyl groups is 1. The second-order valence-corrected chi connectivity index (χ2v) is 9.43. The van der Waals surface area contributed by atoms with Gasteiger partial charge in [0.15, 0.2) is 11.5 Å². The van der Waals surface area contributed by atoms with Gasteiger partial charge in [-0.1, -0.05) is 23.7 Å². The summed E-state index contributed by atoms with van der Waals surface area (Å²) in [6.07, 6.45) is 0. The number of likely N-dealkylation sites (tertiary alicyclic amines) is 1. The van der Waals surface area contributed by atoms with Crippen molar-refractivity contribution < 1.29 is 29.3 Å². The average Bonchev–Trinajstić information content (AvgIpc) is 3.42. The maximum absolute atomic E-state index is 13.3. The summed E-state index contributed by atoms with van der Waals surface area (Å²) in [5, 5.41) is 23.8. The predicted molar refractivity (Wildman–Crippen MR) is 134 cm³/mol. The van der Waals surface area contributed by atoms with Gasteiger partial charge in [0.25, 0.3) is 11.7 Å². The van der Waals surface area contributed by atoms with Crippen LogP contribution < -0.4 is 9.47 Å². The van der Waals surface area contributed by atoms with Gasteiger partial charge in [0.2, 0.25) is 0 Å². The number of hydrogen-bond donors (Lipinski definition) is 2. The highest BCUT2D eigenvalue weighted by Crippen LogP contribution is 2.44. The first-order chi connectivity index (χ1) is 16.8. The number of aliphatic hydroxyl groups excluding tert-OH is 1. The number of carbonyl (C=O) groups is 2. The van der Waals surface area contributed by atoms with Crippen molar-refractivity contribution >= 4 is 40.4 Å². The summed E-state index contributed by atoms with van der Waals surface area (Å²) in [6.45, 7) is 4.05. The predicted octanol–water partition coefficient (Wildman–Crippen LogP) is 5.44. The monoisotopic (exact) mass is 513 g/mol. The van der Waals surface area contributed by atoms with Crippen LogP contribution in [0.4, 0.5) is 0 Å². The second-order valence-electron chi connectivity index (χ2n) is 7.99. The van der Waals surface area contributed by atoms with E-state index in [0.717, 1.165) is 10.4 Å². The van der Waals surface area contributed by atoms with Gasteiger partial charge >= 0.3 is 0 Å². The Bertz CT molecular complexity index is 1320. The van der Waals surface area contributed by atoms with E-state index in [-0.39, 0.29) is 40.0 Å². The third-order valence-corrected chi connectivity index (χ3v) is 6.83. The number of carbonyl (C=O) groups excluding carboxylic acids is 2. The number of aryl methyl sites for hydroxylation is 1. The number of amides is 1. The van der Waals surface area contributed by atoms with Crippen molar-refractivity contribution in [1.82, 2.24) is 4.90 Å². The molecular weight excluding hydrogens is 490 g/mol. The fourth-order valence-electron chi connectivity index (χ4n) is 4.19. The van der Waals surface area contributed by atoms with Gasteiger partial charge in [-0.15, -0.1) is 11.3 Å². The molecule has 0 aliphatic carbocycles. The largest absolute Gasteiger partial charge is 0.507 e. The molecule has 1 atom stereocenters. The van der Waals surface area contributed by atoms with Crippen LogP contribution in [0.15, 0.2) is 53.4 Å². The maximum Gasteiger partial charge on any atom is 0.295 e. The molecule has 0 bridgehead atoms. The van der Waals surface area contributed by atoms with Crippen LogP contribution in [0.25, 0.3) is 5.76 Å². The number of Topliss-reactive ketones (excluding diaryl/α,β-unsaturated/α-hetero) is 1. The van der Waals surface area contributed by atoms with E-state index in [9.17, 15) is 19.8 Å². The summed E-state index contributed by atoms with van der Waals surface area (Å²) in [6, 6.07) is 10.7. The number of aliphatic hydroxyl groups is 1. The Morgan fingerprint density at radius 2 is 1.97 bits per heavy atom. The van der Waals surface area contributed by atoms with Gasteiger partial charge in [0, 0.05) is 4.88 Å². The van der Waals surface area contributed by atoms with Crippen LogP contribution in [0.3, 0.4) is 0 Å². The van der Waals surface area contributed by atoms with Gasteiger partial charge in [-0.05, 0) is 60.7 Å². The molecule has 0 radical (unpaired) electrons. The standard InChI is InChI=1S/C26H24ClNO6S/c1-4-34-20-12-15(7-8-19(20)29)22-21(23(30)17-10-14(2)11-18(27)25(17)33-3)24(31)26(32)28(22)13-16-6-5-9-35-16/h5-12,22,29-30H,4,13H2,1-3H3/b23-21+. The van der Waals surface area contributed by atoms with Crippen LogP contribution in [0, 0.1) is 6.92 Å². The minimum Gasteiger partial charge on any atom is -0.507 e. The molecule has 1 fully saturated rings. The van der Waals surface area contributed by atoms with Crippen molar-refractivity contribution in [2.24, 2.45) is 0 Å². The number of methoxy groups -OCH3 is 1. The molecule has 1 aromatic heterocycles. The van der Waals surface area contributed by atoms with E-state index in [1.165, 1.54) is 29.4 Å². The van der Waals surface area contributed by atoms with Crippen LogP contribution in [0.2, 0.25) is 5.02 Å². The SMILES string of the molecule is CCOc1cc(C2/C(=C(\O)c3cc(C)cc(Cl)c3OC)C(=O)C(=O)N2Cc2cccs2)ccc1O. The molecule has 7 nitrogen and oxygen atoms in total. The Hall–Kier alpha value is -3.49. The average molecular weight is 514 g/mol. The molecule has 0 saturated carbocycles. The molecule has 1 aliphatic rings. The smallest absolute Gasteiger partial charge is 0.295 e. The Balaban J connectivity index is 1.95. The molecule has 35 heavy (non-hydrogen) atoms. The Labute approximate surface area is 211 Å². The first-order valence-corrected chi connectivity index (χ1v) is 12.1. The lowest BCUT2D eigenvalue weighted by molar-refractivity contribution is -0.140. The van der Waals surface area contributed by atoms with Crippen LogP contribution >= 0.6 is 22.9 Å². The van der Waals surface area contributed by atoms with Crippen LogP contribution in [-0.2, 0) is 16.1 Å². The summed E-state index contributed by atoms with van der Waals surface area (Å²) in [5.41, 5.74) is 1.35. The molecule has 2 heterocycles. The first-order valence-electron chi connectivity index (χ1n) is 10.9. The molecule has 1 aliphatic heterocycles. The van der Waals surface area contributed by atoms with Crippen molar-refractivity contribution in [3.8, 4) is 17.2 Å². The number of ketones is 1. The summed E-state index contributed by atoms with van der Waals surface area (Å²) in [4.78, 5) is 28.8. The molecule has 1 saturated heterocycles. The molecule has 4 rings (SSSR count). The van der Waals surface area contributed by atoms with Gasteiger partial charge in [-0.3, -0.25) is 9.59 Å². The van der Waals surface area contributed by atoms with E-state index in [0.29, 0.717) is 12.2 Å². The van der Waals surface area contributed by atoms with Crippen LogP contribution in [0.1, 0.15) is 34.5 Å². The molecule has 9 heteroatoms. The lowest BCUT2D eigenvalue weighted by Gasteiger charge is -2.25. The zero-order valence-electron chi connectivity index (χ0n) is 19.4. The van der Waals surface area contributed by atoms with Crippen LogP contribution in [-0.4, -0.2) is 40.5 Å². The Morgan fingerprint density at radius 3 is 2.63 bits per heavy atom. The van der Waals surface area contributed by atoms with E-state index < -0.39 is 23.5 Å². The highest BCUT2D eigenvalue weighted by atomic mass is 35.5. The van der Waals surface area contributed by atoms with Gasteiger partial charge in [-0.2, -0.15) is 0 Å². The van der Waals surface area contributed by atoms with E-state index in [1.54, 1.807) is 38.1 Å². The number of phenols is 1. The number of nitrogens with zero attached hydrogens (tertiary/aromatic N) is 1. The minimum atomic E-state index is -0.930. The molecule has 1 amide bonds. The molecule has 1 unspecified atom stereocenters. The topological polar surface area (TPSA) is 96.3 Å². The van der Waals surface area contributed by atoms with Gasteiger partial charge < -0.3 is 24.6 Å². The third kappa shape index (κ3) is 4.59. The Morgan fingerprint density at radius 1 is 1.20 bits per heavy atom. The first kappa shape index (κ1) is 24.6. The fourth-order valence-corrected chi connectivity index (χ4v) is 5.24. The van der Waals surface area contributed by atoms with E-state index in [2.05, 4.69) is 0 Å². The summed E-state index contributed by atoms with van der Waals surface area (Å²) in [7, 11) is 1.41. The van der Waals surface area contributed by atoms with Gasteiger partial charge in [0.05, 0.1) is 42.5 Å². The number of ether oxygens (including phenoxy) is 2. The minimum absolute atomic E-state index is 0.0713. The normalized spacial score (nSPS) is 17.1. The molecule has 2 N–H and O–H groups in total. The van der Waals surface area contributed by atoms with Crippen molar-refractivity contribution in [2.45, 2.75) is 26.4 Å². The molecular formula is C26H24ClNO6S. The van der Waals surface area contributed by atoms with Crippen molar-refractivity contribution in [1.29, 1.82) is 0 Å². The van der Waals surface area contributed by atoms with Crippen molar-refractivity contribution in [3.63, 3.8) is 0 Å². The third-order valence-electron chi connectivity index (χ3n) is 5.69. The maximum atomic E-state index is 13.3. The zero-order chi connectivity index (χ0) is 25.3.